The minimum atomic E-state index is -0.780. The lowest BCUT2D eigenvalue weighted by Crippen LogP contribution is -2.39. The van der Waals surface area contributed by atoms with Gasteiger partial charge in [0.15, 0.2) is 0 Å². The largest absolute Gasteiger partial charge is 0.481 e. The van der Waals surface area contributed by atoms with E-state index in [1.54, 1.807) is 0 Å². The molecule has 0 bridgehead atoms. The van der Waals surface area contributed by atoms with Crippen molar-refractivity contribution in [1.82, 2.24) is 0 Å². The first kappa shape index (κ1) is 13.7. The van der Waals surface area contributed by atoms with E-state index in [9.17, 15) is 4.79 Å². The molecule has 0 heterocycles. The van der Waals surface area contributed by atoms with E-state index in [2.05, 4.69) is 12.1 Å². The van der Waals surface area contributed by atoms with Gasteiger partial charge in [-0.1, -0.05) is 37.3 Å². The van der Waals surface area contributed by atoms with Gasteiger partial charge in [0, 0.05) is 6.04 Å². The zero-order valence-electron chi connectivity index (χ0n) is 10.5. The number of hydrogen-bond acceptors (Lipinski definition) is 2. The van der Waals surface area contributed by atoms with Crippen molar-refractivity contribution in [2.45, 2.75) is 39.2 Å². The van der Waals surface area contributed by atoms with Crippen molar-refractivity contribution < 1.29 is 9.90 Å². The molecule has 2 atom stereocenters. The lowest BCUT2D eigenvalue weighted by atomic mass is 9.76. The van der Waals surface area contributed by atoms with Gasteiger partial charge in [0.1, 0.15) is 0 Å². The van der Waals surface area contributed by atoms with Crippen LogP contribution in [0.2, 0.25) is 0 Å². The van der Waals surface area contributed by atoms with E-state index in [0.717, 1.165) is 12.8 Å². The van der Waals surface area contributed by atoms with Crippen LogP contribution in [0.25, 0.3) is 0 Å². The SMILES string of the molecule is CC(N)C(C)(CCc1ccccc1)CC(=O)O. The third-order valence-electron chi connectivity index (χ3n) is 3.48. The molecule has 3 heteroatoms. The molecule has 3 N–H and O–H groups in total. The van der Waals surface area contributed by atoms with Crippen LogP contribution in [0.3, 0.4) is 0 Å². The van der Waals surface area contributed by atoms with Gasteiger partial charge < -0.3 is 10.8 Å². The molecule has 0 spiro atoms. The average molecular weight is 235 g/mol. The minimum Gasteiger partial charge on any atom is -0.481 e. The molecule has 0 aliphatic rings. The Morgan fingerprint density at radius 3 is 2.47 bits per heavy atom. The van der Waals surface area contributed by atoms with E-state index in [-0.39, 0.29) is 17.9 Å². The minimum absolute atomic E-state index is 0.123. The third-order valence-corrected chi connectivity index (χ3v) is 3.48. The van der Waals surface area contributed by atoms with E-state index in [4.69, 9.17) is 10.8 Å². The third kappa shape index (κ3) is 4.19. The van der Waals surface area contributed by atoms with Crippen molar-refractivity contribution in [2.75, 3.05) is 0 Å². The van der Waals surface area contributed by atoms with Crippen molar-refractivity contribution in [3.63, 3.8) is 0 Å². The standard InChI is InChI=1S/C14H21NO2/c1-11(15)14(2,10-13(16)17)9-8-12-6-4-3-5-7-12/h3-7,11H,8-10,15H2,1-2H3,(H,16,17). The zero-order chi connectivity index (χ0) is 12.9. The summed E-state index contributed by atoms with van der Waals surface area (Å²) in [6.45, 7) is 3.84. The fraction of sp³-hybridized carbons (Fsp3) is 0.500. The summed E-state index contributed by atoms with van der Waals surface area (Å²) in [6, 6.07) is 9.96. The molecule has 2 unspecified atom stereocenters. The summed E-state index contributed by atoms with van der Waals surface area (Å²) >= 11 is 0. The van der Waals surface area contributed by atoms with Crippen LogP contribution in [0.1, 0.15) is 32.3 Å². The van der Waals surface area contributed by atoms with Crippen molar-refractivity contribution in [2.24, 2.45) is 11.1 Å². The number of rotatable bonds is 6. The number of hydrogen-bond donors (Lipinski definition) is 2. The van der Waals surface area contributed by atoms with Crippen molar-refractivity contribution in [3.8, 4) is 0 Å². The van der Waals surface area contributed by atoms with Crippen LogP contribution >= 0.6 is 0 Å². The predicted octanol–water partition coefficient (Wildman–Crippen LogP) is 2.45. The van der Waals surface area contributed by atoms with Crippen LogP contribution in [0.5, 0.6) is 0 Å². The highest BCUT2D eigenvalue weighted by molar-refractivity contribution is 5.67. The second kappa shape index (κ2) is 5.82. The molecular formula is C14H21NO2. The number of carboxylic acids is 1. The van der Waals surface area contributed by atoms with Gasteiger partial charge in [-0.05, 0) is 30.7 Å². The highest BCUT2D eigenvalue weighted by Gasteiger charge is 2.31. The lowest BCUT2D eigenvalue weighted by molar-refractivity contribution is -0.140. The Kier molecular flexibility index (Phi) is 4.70. The molecule has 0 saturated carbocycles. The summed E-state index contributed by atoms with van der Waals surface area (Å²) in [4.78, 5) is 10.9. The maximum absolute atomic E-state index is 10.9. The quantitative estimate of drug-likeness (QED) is 0.796. The van der Waals surface area contributed by atoms with Crippen LogP contribution in [0.4, 0.5) is 0 Å². The van der Waals surface area contributed by atoms with Gasteiger partial charge in [-0.25, -0.2) is 0 Å². The van der Waals surface area contributed by atoms with Gasteiger partial charge in [-0.15, -0.1) is 0 Å². The summed E-state index contributed by atoms with van der Waals surface area (Å²) in [7, 11) is 0. The molecular weight excluding hydrogens is 214 g/mol. The molecule has 1 aromatic rings. The van der Waals surface area contributed by atoms with Crippen LogP contribution in [0.15, 0.2) is 30.3 Å². The van der Waals surface area contributed by atoms with Crippen molar-refractivity contribution in [3.05, 3.63) is 35.9 Å². The number of nitrogens with two attached hydrogens (primary N) is 1. The Labute approximate surface area is 103 Å². The molecule has 17 heavy (non-hydrogen) atoms. The molecule has 0 radical (unpaired) electrons. The summed E-state index contributed by atoms with van der Waals surface area (Å²) in [5.74, 6) is -0.780. The predicted molar refractivity (Wildman–Crippen MR) is 68.8 cm³/mol. The first-order chi connectivity index (χ1) is 7.94. The van der Waals surface area contributed by atoms with Gasteiger partial charge in [0.05, 0.1) is 6.42 Å². The number of carboxylic acid groups (broad SMARTS) is 1. The Morgan fingerprint density at radius 2 is 2.00 bits per heavy atom. The molecule has 0 aliphatic carbocycles. The van der Waals surface area contributed by atoms with Gasteiger partial charge >= 0.3 is 5.97 Å². The molecule has 0 saturated heterocycles. The molecule has 0 fully saturated rings. The van der Waals surface area contributed by atoms with Crippen LogP contribution in [0, 0.1) is 5.41 Å². The molecule has 0 amide bonds. The van der Waals surface area contributed by atoms with E-state index < -0.39 is 5.97 Å². The summed E-state index contributed by atoms with van der Waals surface area (Å²) < 4.78 is 0. The van der Waals surface area contributed by atoms with Crippen molar-refractivity contribution in [1.29, 1.82) is 0 Å². The molecule has 94 valence electrons. The summed E-state index contributed by atoms with van der Waals surface area (Å²) in [5.41, 5.74) is 6.80. The Hall–Kier alpha value is -1.35. The van der Waals surface area contributed by atoms with E-state index >= 15 is 0 Å². The Morgan fingerprint density at radius 1 is 1.41 bits per heavy atom. The summed E-state index contributed by atoms with van der Waals surface area (Å²) in [5, 5.41) is 8.94. The maximum atomic E-state index is 10.9. The first-order valence-corrected chi connectivity index (χ1v) is 5.95. The van der Waals surface area contributed by atoms with Crippen molar-refractivity contribution >= 4 is 5.97 Å². The average Bonchev–Trinajstić information content (AvgIpc) is 2.27. The first-order valence-electron chi connectivity index (χ1n) is 5.95. The second-order valence-electron chi connectivity index (χ2n) is 5.00. The fourth-order valence-corrected chi connectivity index (χ4v) is 1.90. The molecule has 1 aromatic carbocycles. The second-order valence-corrected chi connectivity index (χ2v) is 5.00. The van der Waals surface area contributed by atoms with Crippen LogP contribution in [-0.2, 0) is 11.2 Å². The number of benzene rings is 1. The Balaban J connectivity index is 2.65. The highest BCUT2D eigenvalue weighted by atomic mass is 16.4. The molecule has 1 rings (SSSR count). The smallest absolute Gasteiger partial charge is 0.303 e. The highest BCUT2D eigenvalue weighted by Crippen LogP contribution is 2.30. The van der Waals surface area contributed by atoms with Gasteiger partial charge in [0.2, 0.25) is 0 Å². The molecule has 0 aliphatic heterocycles. The molecule has 0 aromatic heterocycles. The van der Waals surface area contributed by atoms with Gasteiger partial charge in [0.25, 0.3) is 0 Å². The number of aryl methyl sites for hydroxylation is 1. The number of carbonyl (C=O) groups is 1. The normalized spacial score (nSPS) is 16.2. The number of aliphatic carboxylic acids is 1. The Bertz CT molecular complexity index is 362. The lowest BCUT2D eigenvalue weighted by Gasteiger charge is -2.32. The zero-order valence-corrected chi connectivity index (χ0v) is 10.5. The van der Waals surface area contributed by atoms with E-state index in [1.165, 1.54) is 5.56 Å². The van der Waals surface area contributed by atoms with E-state index in [1.807, 2.05) is 32.0 Å². The fourth-order valence-electron chi connectivity index (χ4n) is 1.90. The van der Waals surface area contributed by atoms with Gasteiger partial charge in [-0.2, -0.15) is 0 Å². The van der Waals surface area contributed by atoms with Gasteiger partial charge in [-0.3, -0.25) is 4.79 Å². The maximum Gasteiger partial charge on any atom is 0.303 e. The van der Waals surface area contributed by atoms with Crippen LogP contribution in [-0.4, -0.2) is 17.1 Å². The monoisotopic (exact) mass is 235 g/mol. The summed E-state index contributed by atoms with van der Waals surface area (Å²) in [6.07, 6.45) is 1.78. The molecule has 3 nitrogen and oxygen atoms in total. The van der Waals surface area contributed by atoms with Crippen LogP contribution < -0.4 is 5.73 Å². The van der Waals surface area contributed by atoms with E-state index in [0.29, 0.717) is 0 Å². The topological polar surface area (TPSA) is 63.3 Å².